The minimum atomic E-state index is 0. The summed E-state index contributed by atoms with van der Waals surface area (Å²) in [5, 5.41) is 0. The summed E-state index contributed by atoms with van der Waals surface area (Å²) >= 11 is 0. The van der Waals surface area contributed by atoms with Gasteiger partial charge in [0.1, 0.15) is 6.61 Å². The van der Waals surface area contributed by atoms with Crippen LogP contribution in [0.15, 0.2) is 4.99 Å². The second-order valence-electron chi connectivity index (χ2n) is 0.882. The Kier molecular flexibility index (Phi) is 3.18. The second-order valence-corrected chi connectivity index (χ2v) is 0.882. The molecule has 1 aliphatic heterocycles. The van der Waals surface area contributed by atoms with Crippen molar-refractivity contribution in [3.63, 3.8) is 0 Å². The molecule has 0 aromatic heterocycles. The van der Waals surface area contributed by atoms with Crippen LogP contribution in [0.25, 0.3) is 0 Å². The van der Waals surface area contributed by atoms with Gasteiger partial charge in [-0.1, -0.05) is 0 Å². The Morgan fingerprint density at radius 1 is 1.67 bits per heavy atom. The maximum absolute atomic E-state index is 4.65. The van der Waals surface area contributed by atoms with Crippen LogP contribution >= 0.6 is 0 Å². The van der Waals surface area contributed by atoms with Crippen molar-refractivity contribution in [3.8, 4) is 0 Å². The fourth-order valence-corrected chi connectivity index (χ4v) is 0.264. The van der Waals surface area contributed by atoms with Crippen LogP contribution in [0.1, 0.15) is 0 Å². The van der Waals surface area contributed by atoms with Crippen molar-refractivity contribution in [2.75, 3.05) is 13.2 Å². The summed E-state index contributed by atoms with van der Waals surface area (Å²) in [4.78, 5) is 3.74. The third-order valence-corrected chi connectivity index (χ3v) is 0.487. The van der Waals surface area contributed by atoms with E-state index in [1.807, 2.05) is 0 Å². The molecule has 0 aliphatic carbocycles. The predicted octanol–water partition coefficient (Wildman–Crippen LogP) is 0.0424. The van der Waals surface area contributed by atoms with Crippen molar-refractivity contribution in [3.05, 3.63) is 0 Å². The van der Waals surface area contributed by atoms with E-state index in [1.165, 1.54) is 6.40 Å². The summed E-state index contributed by atoms with van der Waals surface area (Å²) in [7, 11) is 0. The van der Waals surface area contributed by atoms with Crippen molar-refractivity contribution in [1.82, 2.24) is 0 Å². The van der Waals surface area contributed by atoms with Crippen LogP contribution in [0.4, 0.5) is 0 Å². The Morgan fingerprint density at radius 3 is 2.67 bits per heavy atom. The van der Waals surface area contributed by atoms with Crippen molar-refractivity contribution in [2.45, 2.75) is 0 Å². The van der Waals surface area contributed by atoms with Crippen LogP contribution in [-0.2, 0) is 21.8 Å². The molecule has 2 nitrogen and oxygen atoms in total. The van der Waals surface area contributed by atoms with Gasteiger partial charge in [0.2, 0.25) is 0 Å². The summed E-state index contributed by atoms with van der Waals surface area (Å²) in [5.74, 6) is 0. The Bertz CT molecular complexity index is 48.8. The van der Waals surface area contributed by atoms with Gasteiger partial charge in [-0.15, -0.1) is 0 Å². The summed E-state index contributed by atoms with van der Waals surface area (Å²) in [6, 6.07) is 0. The molecule has 0 amide bonds. The van der Waals surface area contributed by atoms with Crippen molar-refractivity contribution in [1.29, 1.82) is 0 Å². The summed E-state index contributed by atoms with van der Waals surface area (Å²) in [5.41, 5.74) is 0. The molecule has 37 valence electrons. The molecule has 0 fully saturated rings. The SMILES string of the molecule is C1=NCCO1.[Cu+2]. The van der Waals surface area contributed by atoms with Crippen molar-refractivity contribution >= 4 is 6.40 Å². The van der Waals surface area contributed by atoms with E-state index in [4.69, 9.17) is 0 Å². The smallest absolute Gasteiger partial charge is 0.482 e. The van der Waals surface area contributed by atoms with E-state index in [9.17, 15) is 0 Å². The molecule has 0 aromatic rings. The van der Waals surface area contributed by atoms with Crippen LogP contribution in [-0.4, -0.2) is 19.6 Å². The fraction of sp³-hybridized carbons (Fsp3) is 0.667. The van der Waals surface area contributed by atoms with Gasteiger partial charge in [0.25, 0.3) is 0 Å². The molecular weight excluding hydrogens is 130 g/mol. The van der Waals surface area contributed by atoms with E-state index in [-0.39, 0.29) is 17.1 Å². The van der Waals surface area contributed by atoms with E-state index >= 15 is 0 Å². The number of nitrogens with zero attached hydrogens (tertiary/aromatic N) is 1. The molecule has 0 unspecified atom stereocenters. The molecule has 0 saturated carbocycles. The molecular formula is C3H5CuNO+2. The van der Waals surface area contributed by atoms with Gasteiger partial charge >= 0.3 is 17.1 Å². The first-order valence-corrected chi connectivity index (χ1v) is 1.60. The number of ether oxygens (including phenoxy) is 1. The van der Waals surface area contributed by atoms with E-state index in [2.05, 4.69) is 9.73 Å². The molecule has 6 heavy (non-hydrogen) atoms. The van der Waals surface area contributed by atoms with Crippen LogP contribution in [0.2, 0.25) is 0 Å². The van der Waals surface area contributed by atoms with Crippen LogP contribution in [0, 0.1) is 0 Å². The standard InChI is InChI=1S/C3H5NO.Cu/c1-2-5-3-4-1;/h3H,1-2H2;/q;+2. The van der Waals surface area contributed by atoms with Gasteiger partial charge in [-0.3, -0.25) is 4.99 Å². The molecule has 0 bridgehead atoms. The van der Waals surface area contributed by atoms with Crippen molar-refractivity contribution < 1.29 is 21.8 Å². The average Bonchev–Trinajstić information content (AvgIpc) is 1.76. The summed E-state index contributed by atoms with van der Waals surface area (Å²) < 4.78 is 4.65. The van der Waals surface area contributed by atoms with Crippen LogP contribution in [0.5, 0.6) is 0 Å². The van der Waals surface area contributed by atoms with Gasteiger partial charge in [-0.2, -0.15) is 0 Å². The summed E-state index contributed by atoms with van der Waals surface area (Å²) in [6.07, 6.45) is 1.49. The maximum atomic E-state index is 4.65. The van der Waals surface area contributed by atoms with Gasteiger partial charge < -0.3 is 4.74 Å². The minimum Gasteiger partial charge on any atom is -0.482 e. The third kappa shape index (κ3) is 1.43. The Labute approximate surface area is 47.1 Å². The van der Waals surface area contributed by atoms with E-state index in [0.29, 0.717) is 0 Å². The van der Waals surface area contributed by atoms with Gasteiger partial charge in [0.05, 0.1) is 6.54 Å². The number of rotatable bonds is 0. The molecule has 0 N–H and O–H groups in total. The number of aliphatic imine (C=N–C) groups is 1. The fourth-order valence-electron chi connectivity index (χ4n) is 0.264. The zero-order valence-corrected chi connectivity index (χ0v) is 4.09. The van der Waals surface area contributed by atoms with Crippen LogP contribution in [0.3, 0.4) is 0 Å². The molecule has 1 aliphatic rings. The zero-order chi connectivity index (χ0) is 3.54. The monoisotopic (exact) mass is 134 g/mol. The van der Waals surface area contributed by atoms with Gasteiger partial charge in [0, 0.05) is 0 Å². The van der Waals surface area contributed by atoms with E-state index in [1.54, 1.807) is 0 Å². The zero-order valence-electron chi connectivity index (χ0n) is 3.15. The molecule has 1 radical (unpaired) electrons. The molecule has 0 saturated heterocycles. The largest absolute Gasteiger partial charge is 2.00 e. The topological polar surface area (TPSA) is 21.6 Å². The minimum absolute atomic E-state index is 0. The Morgan fingerprint density at radius 2 is 2.50 bits per heavy atom. The van der Waals surface area contributed by atoms with Gasteiger partial charge in [-0.05, 0) is 0 Å². The first-order valence-electron chi connectivity index (χ1n) is 1.60. The summed E-state index contributed by atoms with van der Waals surface area (Å²) in [6.45, 7) is 1.62. The molecule has 3 heteroatoms. The normalized spacial score (nSPS) is 16.0. The van der Waals surface area contributed by atoms with Gasteiger partial charge in [0.15, 0.2) is 6.40 Å². The third-order valence-electron chi connectivity index (χ3n) is 0.487. The number of hydrogen-bond donors (Lipinski definition) is 0. The predicted molar refractivity (Wildman–Crippen MR) is 19.3 cm³/mol. The van der Waals surface area contributed by atoms with Gasteiger partial charge in [-0.25, -0.2) is 0 Å². The molecule has 0 spiro atoms. The Balaban J connectivity index is 0.000000250. The van der Waals surface area contributed by atoms with E-state index < -0.39 is 0 Å². The Hall–Kier alpha value is -0.0105. The first-order chi connectivity index (χ1) is 2.50. The quantitative estimate of drug-likeness (QED) is 0.429. The molecule has 1 heterocycles. The average molecular weight is 135 g/mol. The molecule has 0 aromatic carbocycles. The van der Waals surface area contributed by atoms with E-state index in [0.717, 1.165) is 13.2 Å². The van der Waals surface area contributed by atoms with Crippen molar-refractivity contribution in [2.24, 2.45) is 4.99 Å². The number of hydrogen-bond acceptors (Lipinski definition) is 2. The second kappa shape index (κ2) is 3.19. The maximum Gasteiger partial charge on any atom is 2.00 e. The van der Waals surface area contributed by atoms with Crippen LogP contribution < -0.4 is 0 Å². The molecule has 0 atom stereocenters. The molecule has 1 rings (SSSR count). The first kappa shape index (κ1) is 5.99.